The van der Waals surface area contributed by atoms with E-state index in [4.69, 9.17) is 0 Å². The molecule has 64 heavy (non-hydrogen) atoms. The maximum absolute atomic E-state index is 16.1. The molecule has 1 unspecified atom stereocenters. The van der Waals surface area contributed by atoms with Crippen LogP contribution in [0, 0.1) is 0 Å². The van der Waals surface area contributed by atoms with E-state index in [9.17, 15) is 0 Å². The fraction of sp³-hybridized carbons (Fsp3) is 0. The monoisotopic (exact) mass is 882 g/mol. The molecule has 1 atom stereocenters. The summed E-state index contributed by atoms with van der Waals surface area (Å²) in [5.41, 5.74) is 3.58. The fourth-order valence-corrected chi connectivity index (χ4v) is 17.2. The summed E-state index contributed by atoms with van der Waals surface area (Å²) in [7, 11) is -10.0. The van der Waals surface area contributed by atoms with Crippen LogP contribution < -0.4 is 47.7 Å². The lowest BCUT2D eigenvalue weighted by molar-refractivity contribution is 0.591. The topological polar surface area (TPSA) is 71.9 Å². The fourth-order valence-electron chi connectivity index (χ4n) is 9.24. The number of aromatic amines is 1. The second-order valence-electron chi connectivity index (χ2n) is 16.0. The molecule has 0 saturated carbocycles. The van der Waals surface area contributed by atoms with Gasteiger partial charge in [0, 0.05) is 75.9 Å². The van der Waals surface area contributed by atoms with Crippen LogP contribution in [0.2, 0.25) is 0 Å². The van der Waals surface area contributed by atoms with Gasteiger partial charge >= 0.3 is 0 Å². The van der Waals surface area contributed by atoms with Crippen LogP contribution in [0.5, 0.6) is 0 Å². The summed E-state index contributed by atoms with van der Waals surface area (Å²) < 4.78 is 49.5. The van der Waals surface area contributed by atoms with Crippen molar-refractivity contribution >= 4 is 102 Å². The quantitative estimate of drug-likeness (QED) is 0.139. The van der Waals surface area contributed by atoms with Crippen LogP contribution in [0.15, 0.2) is 243 Å². The SMILES string of the molecule is O=P(c1ccccc1)(c1ccccc1)c1ccc(-n2c3ccc(P(=O)(c4ccccc4)c4ccccc4)cc3c3cc(P(=O)(c4ccccc4)c4ccc5cc[nH]c5c4)ccc32)cc1. The third-order valence-corrected chi connectivity index (χ3v) is 21.6. The van der Waals surface area contributed by atoms with Gasteiger partial charge in [0.25, 0.3) is 0 Å². The first-order valence-corrected chi connectivity index (χ1v) is 26.4. The third-order valence-electron chi connectivity index (χ3n) is 12.4. The number of benzene rings is 9. The van der Waals surface area contributed by atoms with Crippen molar-refractivity contribution in [3.63, 3.8) is 0 Å². The second kappa shape index (κ2) is 16.0. The molecule has 2 heterocycles. The first kappa shape index (κ1) is 39.8. The Morgan fingerprint density at radius 3 is 1.06 bits per heavy atom. The van der Waals surface area contributed by atoms with Crippen molar-refractivity contribution in [3.8, 4) is 5.69 Å². The van der Waals surface area contributed by atoms with E-state index in [0.717, 1.165) is 75.5 Å². The highest BCUT2D eigenvalue weighted by Gasteiger charge is 2.34. The molecule has 2 aromatic heterocycles. The molecule has 308 valence electrons. The molecule has 11 aromatic rings. The minimum atomic E-state index is -3.44. The normalized spacial score (nSPS) is 13.0. The number of nitrogens with one attached hydrogen (secondary N) is 1. The Morgan fingerprint density at radius 2 is 0.641 bits per heavy atom. The van der Waals surface area contributed by atoms with Crippen molar-refractivity contribution in [2.24, 2.45) is 0 Å². The molecule has 11 rings (SSSR count). The van der Waals surface area contributed by atoms with E-state index < -0.39 is 21.4 Å². The highest BCUT2D eigenvalue weighted by Crippen LogP contribution is 2.47. The van der Waals surface area contributed by atoms with Gasteiger partial charge in [0.15, 0.2) is 21.4 Å². The molecule has 0 bridgehead atoms. The lowest BCUT2D eigenvalue weighted by atomic mass is 10.1. The first-order chi connectivity index (χ1) is 31.4. The van der Waals surface area contributed by atoms with E-state index in [2.05, 4.69) is 33.8 Å². The molecule has 0 spiro atoms. The largest absolute Gasteiger partial charge is 0.361 e. The van der Waals surface area contributed by atoms with Crippen molar-refractivity contribution < 1.29 is 13.7 Å². The summed E-state index contributed by atoms with van der Waals surface area (Å²) >= 11 is 0. The highest BCUT2D eigenvalue weighted by atomic mass is 31.2. The lowest BCUT2D eigenvalue weighted by Crippen LogP contribution is -2.25. The van der Waals surface area contributed by atoms with Crippen LogP contribution in [0.4, 0.5) is 0 Å². The Balaban J connectivity index is 1.16. The summed E-state index contributed by atoms with van der Waals surface area (Å²) in [6.45, 7) is 0. The Hall–Kier alpha value is -6.99. The predicted octanol–water partition coefficient (Wildman–Crippen LogP) is 10.2. The Morgan fingerprint density at radius 1 is 0.312 bits per heavy atom. The van der Waals surface area contributed by atoms with Gasteiger partial charge in [0.1, 0.15) is 0 Å². The van der Waals surface area contributed by atoms with E-state index in [-0.39, 0.29) is 0 Å². The number of hydrogen-bond donors (Lipinski definition) is 1. The molecule has 1 N–H and O–H groups in total. The minimum Gasteiger partial charge on any atom is -0.361 e. The molecule has 0 fully saturated rings. The molecule has 0 aliphatic heterocycles. The summed E-state index contributed by atoms with van der Waals surface area (Å²) in [4.78, 5) is 3.32. The lowest BCUT2D eigenvalue weighted by Gasteiger charge is -2.21. The summed E-state index contributed by atoms with van der Waals surface area (Å²) in [6, 6.07) is 76.9. The Labute approximate surface area is 371 Å². The molecular weight excluding hydrogens is 842 g/mol. The smallest absolute Gasteiger partial charge is 0.171 e. The van der Waals surface area contributed by atoms with Crippen molar-refractivity contribution in [2.75, 3.05) is 0 Å². The van der Waals surface area contributed by atoms with Crippen LogP contribution in [0.25, 0.3) is 38.4 Å². The van der Waals surface area contributed by atoms with Gasteiger partial charge in [-0.2, -0.15) is 0 Å². The number of nitrogens with zero attached hydrogens (tertiary/aromatic N) is 1. The van der Waals surface area contributed by atoms with Crippen LogP contribution >= 0.6 is 21.4 Å². The number of hydrogen-bond acceptors (Lipinski definition) is 3. The zero-order chi connectivity index (χ0) is 43.3. The van der Waals surface area contributed by atoms with Crippen molar-refractivity contribution in [1.82, 2.24) is 9.55 Å². The van der Waals surface area contributed by atoms with Crippen LogP contribution in [-0.4, -0.2) is 9.55 Å². The van der Waals surface area contributed by atoms with Crippen molar-refractivity contribution in [2.45, 2.75) is 0 Å². The average Bonchev–Trinajstić information content (AvgIpc) is 3.99. The van der Waals surface area contributed by atoms with Crippen LogP contribution in [0.1, 0.15) is 0 Å². The summed E-state index contributed by atoms with van der Waals surface area (Å²) in [5.74, 6) is 0. The molecular formula is C56H41N2O3P3. The number of H-pyrrole nitrogens is 1. The molecule has 0 aliphatic carbocycles. The van der Waals surface area contributed by atoms with Gasteiger partial charge in [0.2, 0.25) is 0 Å². The van der Waals surface area contributed by atoms with E-state index in [1.165, 1.54) is 0 Å². The van der Waals surface area contributed by atoms with Gasteiger partial charge < -0.3 is 23.2 Å². The Bertz CT molecular complexity index is 3540. The molecule has 5 nitrogen and oxygen atoms in total. The molecule has 9 aromatic carbocycles. The standard InChI is InChI=1S/C56H41N2O3P3/c59-62(43-16-6-1-7-17-43,44-18-8-2-9-19-44)48-30-27-42(28-31-48)58-55-34-32-49(63(60,45-20-10-3-11-21-45)46-22-12-4-13-23-46)38-52(55)53-39-50(33-35-56(53)58)64(61,47-24-14-5-15-25-47)51-29-26-41-36-37-57-54(41)40-51/h1-40,57H. The second-order valence-corrected chi connectivity index (χ2v) is 24.3. The number of rotatable bonds is 10. The van der Waals surface area contributed by atoms with Gasteiger partial charge in [-0.15, -0.1) is 0 Å². The third kappa shape index (κ3) is 6.43. The molecule has 0 saturated heterocycles. The van der Waals surface area contributed by atoms with E-state index in [0.29, 0.717) is 10.6 Å². The highest BCUT2D eigenvalue weighted by molar-refractivity contribution is 7.86. The number of aromatic nitrogens is 2. The summed E-state index contributed by atoms with van der Waals surface area (Å²) in [5, 5.41) is 9.42. The van der Waals surface area contributed by atoms with Crippen LogP contribution in [-0.2, 0) is 13.7 Å². The van der Waals surface area contributed by atoms with Gasteiger partial charge in [-0.3, -0.25) is 0 Å². The van der Waals surface area contributed by atoms with E-state index in [1.807, 2.05) is 219 Å². The van der Waals surface area contributed by atoms with Crippen molar-refractivity contribution in [3.05, 3.63) is 243 Å². The average molecular weight is 883 g/mol. The zero-order valence-corrected chi connectivity index (χ0v) is 37.3. The zero-order valence-electron chi connectivity index (χ0n) is 34.6. The maximum Gasteiger partial charge on any atom is 0.171 e. The van der Waals surface area contributed by atoms with Crippen molar-refractivity contribution in [1.29, 1.82) is 0 Å². The van der Waals surface area contributed by atoms with E-state index >= 15 is 13.7 Å². The van der Waals surface area contributed by atoms with Gasteiger partial charge in [0.05, 0.1) is 11.0 Å². The first-order valence-electron chi connectivity index (χ1n) is 21.2. The van der Waals surface area contributed by atoms with Gasteiger partial charge in [-0.25, -0.2) is 0 Å². The van der Waals surface area contributed by atoms with Crippen LogP contribution in [0.3, 0.4) is 0 Å². The summed E-state index contributed by atoms with van der Waals surface area (Å²) in [6.07, 6.45) is 1.90. The Kier molecular flexibility index (Phi) is 9.94. The number of fused-ring (bicyclic) bond motifs is 4. The van der Waals surface area contributed by atoms with Gasteiger partial charge in [-0.05, 0) is 78.2 Å². The molecule has 0 radical (unpaired) electrons. The maximum atomic E-state index is 16.1. The van der Waals surface area contributed by atoms with Gasteiger partial charge in [-0.1, -0.05) is 164 Å². The molecule has 0 amide bonds. The predicted molar refractivity (Wildman–Crippen MR) is 271 cm³/mol. The molecule has 0 aliphatic rings. The minimum absolute atomic E-state index is 0.692. The van der Waals surface area contributed by atoms with E-state index in [1.54, 1.807) is 0 Å². The molecule has 8 heteroatoms.